The third-order valence-corrected chi connectivity index (χ3v) is 3.35. The second-order valence-corrected chi connectivity index (χ2v) is 4.86. The zero-order chi connectivity index (χ0) is 14.5. The molecule has 0 aromatic heterocycles. The van der Waals surface area contributed by atoms with Gasteiger partial charge in [-0.15, -0.1) is 0 Å². The Morgan fingerprint density at radius 2 is 1.65 bits per heavy atom. The fourth-order valence-electron chi connectivity index (χ4n) is 2.20. The SMILES string of the molecule is COc1cccc(OC)c1C(O)Cc1cccc(Cl)c1. The number of ether oxygens (including phenoxy) is 2. The highest BCUT2D eigenvalue weighted by atomic mass is 35.5. The topological polar surface area (TPSA) is 38.7 Å². The molecule has 1 atom stereocenters. The lowest BCUT2D eigenvalue weighted by Crippen LogP contribution is -2.06. The summed E-state index contributed by atoms with van der Waals surface area (Å²) in [6, 6.07) is 12.9. The van der Waals surface area contributed by atoms with Gasteiger partial charge in [0.15, 0.2) is 0 Å². The zero-order valence-corrected chi connectivity index (χ0v) is 12.2. The third-order valence-electron chi connectivity index (χ3n) is 3.12. The minimum absolute atomic E-state index is 0.442. The molecule has 0 aliphatic heterocycles. The summed E-state index contributed by atoms with van der Waals surface area (Å²) in [4.78, 5) is 0. The van der Waals surface area contributed by atoms with Gasteiger partial charge in [0, 0.05) is 11.4 Å². The molecule has 0 heterocycles. The van der Waals surface area contributed by atoms with Crippen LogP contribution < -0.4 is 9.47 Å². The number of aliphatic hydroxyl groups is 1. The Bertz CT molecular complexity index is 561. The van der Waals surface area contributed by atoms with Crippen molar-refractivity contribution in [1.29, 1.82) is 0 Å². The number of rotatable bonds is 5. The minimum Gasteiger partial charge on any atom is -0.496 e. The van der Waals surface area contributed by atoms with Crippen LogP contribution in [-0.4, -0.2) is 19.3 Å². The van der Waals surface area contributed by atoms with E-state index in [-0.39, 0.29) is 0 Å². The number of halogens is 1. The van der Waals surface area contributed by atoms with Gasteiger partial charge in [-0.3, -0.25) is 0 Å². The van der Waals surface area contributed by atoms with E-state index in [4.69, 9.17) is 21.1 Å². The second kappa shape index (κ2) is 6.64. The van der Waals surface area contributed by atoms with Crippen molar-refractivity contribution >= 4 is 11.6 Å². The molecule has 1 unspecified atom stereocenters. The maximum atomic E-state index is 10.5. The molecule has 0 aliphatic carbocycles. The largest absolute Gasteiger partial charge is 0.496 e. The molecule has 2 rings (SSSR count). The molecule has 2 aromatic rings. The zero-order valence-electron chi connectivity index (χ0n) is 11.5. The molecule has 0 spiro atoms. The lowest BCUT2D eigenvalue weighted by atomic mass is 9.99. The Kier molecular flexibility index (Phi) is 4.88. The van der Waals surface area contributed by atoms with Crippen molar-refractivity contribution < 1.29 is 14.6 Å². The van der Waals surface area contributed by atoms with Crippen molar-refractivity contribution in [1.82, 2.24) is 0 Å². The first kappa shape index (κ1) is 14.7. The molecule has 0 fully saturated rings. The average Bonchev–Trinajstić information content (AvgIpc) is 2.46. The van der Waals surface area contributed by atoms with Gasteiger partial charge in [0.25, 0.3) is 0 Å². The van der Waals surface area contributed by atoms with Gasteiger partial charge in [0.1, 0.15) is 11.5 Å². The molecule has 0 saturated carbocycles. The van der Waals surface area contributed by atoms with Crippen LogP contribution in [0, 0.1) is 0 Å². The number of benzene rings is 2. The third kappa shape index (κ3) is 3.24. The molecule has 0 radical (unpaired) electrons. The molecule has 0 saturated heterocycles. The molecular formula is C16H17ClO3. The van der Waals surface area contributed by atoms with Gasteiger partial charge in [0.2, 0.25) is 0 Å². The van der Waals surface area contributed by atoms with E-state index in [1.165, 1.54) is 0 Å². The predicted octanol–water partition coefficient (Wildman–Crippen LogP) is 3.63. The number of hydrogen-bond donors (Lipinski definition) is 1. The van der Waals surface area contributed by atoms with Crippen molar-refractivity contribution in [2.24, 2.45) is 0 Å². The lowest BCUT2D eigenvalue weighted by Gasteiger charge is -2.18. The van der Waals surface area contributed by atoms with Gasteiger partial charge in [-0.1, -0.05) is 29.8 Å². The first-order valence-corrected chi connectivity index (χ1v) is 6.67. The van der Waals surface area contributed by atoms with Crippen molar-refractivity contribution in [3.8, 4) is 11.5 Å². The van der Waals surface area contributed by atoms with Crippen LogP contribution in [0.15, 0.2) is 42.5 Å². The van der Waals surface area contributed by atoms with E-state index in [9.17, 15) is 5.11 Å². The summed E-state index contributed by atoms with van der Waals surface area (Å²) in [7, 11) is 3.15. The quantitative estimate of drug-likeness (QED) is 0.914. The molecule has 2 aromatic carbocycles. The van der Waals surface area contributed by atoms with E-state index in [1.807, 2.05) is 24.3 Å². The Balaban J connectivity index is 2.31. The van der Waals surface area contributed by atoms with Gasteiger partial charge < -0.3 is 14.6 Å². The maximum absolute atomic E-state index is 10.5. The van der Waals surface area contributed by atoms with Gasteiger partial charge >= 0.3 is 0 Å². The van der Waals surface area contributed by atoms with Crippen LogP contribution in [0.25, 0.3) is 0 Å². The van der Waals surface area contributed by atoms with Crippen molar-refractivity contribution in [2.75, 3.05) is 14.2 Å². The van der Waals surface area contributed by atoms with Crippen LogP contribution in [0.5, 0.6) is 11.5 Å². The van der Waals surface area contributed by atoms with E-state index in [0.717, 1.165) is 5.56 Å². The second-order valence-electron chi connectivity index (χ2n) is 4.43. The van der Waals surface area contributed by atoms with E-state index >= 15 is 0 Å². The molecule has 0 amide bonds. The van der Waals surface area contributed by atoms with Gasteiger partial charge in [-0.2, -0.15) is 0 Å². The highest BCUT2D eigenvalue weighted by Gasteiger charge is 2.19. The number of hydrogen-bond acceptors (Lipinski definition) is 3. The summed E-state index contributed by atoms with van der Waals surface area (Å²) in [6.45, 7) is 0. The molecule has 20 heavy (non-hydrogen) atoms. The molecule has 1 N–H and O–H groups in total. The predicted molar refractivity (Wildman–Crippen MR) is 79.7 cm³/mol. The number of methoxy groups -OCH3 is 2. The van der Waals surface area contributed by atoms with Crippen LogP contribution in [0.3, 0.4) is 0 Å². The molecule has 0 bridgehead atoms. The lowest BCUT2D eigenvalue weighted by molar-refractivity contribution is 0.169. The molecular weight excluding hydrogens is 276 g/mol. The first-order chi connectivity index (χ1) is 9.65. The summed E-state index contributed by atoms with van der Waals surface area (Å²) in [5.74, 6) is 1.22. The Morgan fingerprint density at radius 1 is 1.05 bits per heavy atom. The van der Waals surface area contributed by atoms with Crippen LogP contribution in [0.1, 0.15) is 17.2 Å². The van der Waals surface area contributed by atoms with Crippen LogP contribution >= 0.6 is 11.6 Å². The Hall–Kier alpha value is -1.71. The van der Waals surface area contributed by atoms with Crippen molar-refractivity contribution in [3.05, 3.63) is 58.6 Å². The average molecular weight is 293 g/mol. The summed E-state index contributed by atoms with van der Waals surface area (Å²) >= 11 is 5.96. The summed E-state index contributed by atoms with van der Waals surface area (Å²) in [5.41, 5.74) is 1.61. The van der Waals surface area contributed by atoms with E-state index in [2.05, 4.69) is 0 Å². The smallest absolute Gasteiger partial charge is 0.128 e. The van der Waals surface area contributed by atoms with Crippen molar-refractivity contribution in [3.63, 3.8) is 0 Å². The highest BCUT2D eigenvalue weighted by Crippen LogP contribution is 2.35. The number of aliphatic hydroxyl groups excluding tert-OH is 1. The van der Waals surface area contributed by atoms with Gasteiger partial charge in [-0.05, 0) is 29.8 Å². The fourth-order valence-corrected chi connectivity index (χ4v) is 2.41. The van der Waals surface area contributed by atoms with Gasteiger partial charge in [0.05, 0.1) is 25.9 Å². The standard InChI is InChI=1S/C16H17ClO3/c1-19-14-7-4-8-15(20-2)16(14)13(18)10-11-5-3-6-12(17)9-11/h3-9,13,18H,10H2,1-2H3. The maximum Gasteiger partial charge on any atom is 0.128 e. The van der Waals surface area contributed by atoms with Crippen LogP contribution in [-0.2, 0) is 6.42 Å². The monoisotopic (exact) mass is 292 g/mol. The van der Waals surface area contributed by atoms with Gasteiger partial charge in [-0.25, -0.2) is 0 Å². The molecule has 4 heteroatoms. The Morgan fingerprint density at radius 3 is 2.20 bits per heavy atom. The van der Waals surface area contributed by atoms with Crippen LogP contribution in [0.4, 0.5) is 0 Å². The molecule has 106 valence electrons. The highest BCUT2D eigenvalue weighted by molar-refractivity contribution is 6.30. The molecule has 0 aliphatic rings. The summed E-state index contributed by atoms with van der Waals surface area (Å²) in [6.07, 6.45) is -0.281. The van der Waals surface area contributed by atoms with E-state index in [0.29, 0.717) is 28.5 Å². The fraction of sp³-hybridized carbons (Fsp3) is 0.250. The van der Waals surface area contributed by atoms with E-state index in [1.54, 1.807) is 32.4 Å². The first-order valence-electron chi connectivity index (χ1n) is 6.29. The van der Waals surface area contributed by atoms with Crippen molar-refractivity contribution in [2.45, 2.75) is 12.5 Å². The molecule has 3 nitrogen and oxygen atoms in total. The normalized spacial score (nSPS) is 12.0. The summed E-state index contributed by atoms with van der Waals surface area (Å²) in [5, 5.41) is 11.1. The Labute approximate surface area is 123 Å². The summed E-state index contributed by atoms with van der Waals surface area (Å²) < 4.78 is 10.6. The minimum atomic E-state index is -0.723. The van der Waals surface area contributed by atoms with E-state index < -0.39 is 6.10 Å². The van der Waals surface area contributed by atoms with Crippen LogP contribution in [0.2, 0.25) is 5.02 Å².